The van der Waals surface area contributed by atoms with E-state index in [-0.39, 0.29) is 0 Å². The van der Waals surface area contributed by atoms with Crippen LogP contribution < -0.4 is 5.32 Å². The van der Waals surface area contributed by atoms with Gasteiger partial charge < -0.3 is 5.32 Å². The highest BCUT2D eigenvalue weighted by molar-refractivity contribution is 5.67. The summed E-state index contributed by atoms with van der Waals surface area (Å²) in [5.74, 6) is 0. The highest BCUT2D eigenvalue weighted by atomic mass is 14.9. The Hall–Kier alpha value is -2.27. The van der Waals surface area contributed by atoms with Crippen LogP contribution >= 0.6 is 0 Å². The summed E-state index contributed by atoms with van der Waals surface area (Å²) in [5, 5.41) is 12.3. The van der Waals surface area contributed by atoms with Crippen molar-refractivity contribution < 1.29 is 0 Å². The number of anilines is 2. The average molecular weight is 236 g/mol. The molecule has 0 heterocycles. The van der Waals surface area contributed by atoms with Crippen LogP contribution in [0.2, 0.25) is 0 Å². The smallest absolute Gasteiger partial charge is 0.0994 e. The molecule has 2 nitrogen and oxygen atoms in total. The van der Waals surface area contributed by atoms with E-state index in [1.165, 1.54) is 11.1 Å². The van der Waals surface area contributed by atoms with Gasteiger partial charge >= 0.3 is 0 Å². The van der Waals surface area contributed by atoms with Crippen molar-refractivity contribution in [3.63, 3.8) is 0 Å². The standard InChI is InChI=1S/C16H16N2/c1-11-5-4-6-12(2)16(11)18-15-8-7-14(10-17)13(3)9-15/h4-9,18H,1-3H3. The predicted octanol–water partition coefficient (Wildman–Crippen LogP) is 4.23. The topological polar surface area (TPSA) is 35.8 Å². The summed E-state index contributed by atoms with van der Waals surface area (Å²) in [6.07, 6.45) is 0. The molecule has 1 N–H and O–H groups in total. The van der Waals surface area contributed by atoms with Crippen LogP contribution in [0, 0.1) is 32.1 Å². The molecule has 90 valence electrons. The number of hydrogen-bond acceptors (Lipinski definition) is 2. The predicted molar refractivity (Wildman–Crippen MR) is 75.1 cm³/mol. The van der Waals surface area contributed by atoms with Gasteiger partial charge in [-0.1, -0.05) is 18.2 Å². The minimum Gasteiger partial charge on any atom is -0.355 e. The Labute approximate surface area is 108 Å². The van der Waals surface area contributed by atoms with Crippen molar-refractivity contribution in [3.8, 4) is 6.07 Å². The Morgan fingerprint density at radius 3 is 2.17 bits per heavy atom. The summed E-state index contributed by atoms with van der Waals surface area (Å²) < 4.78 is 0. The van der Waals surface area contributed by atoms with Gasteiger partial charge in [0.2, 0.25) is 0 Å². The molecule has 0 saturated carbocycles. The number of hydrogen-bond donors (Lipinski definition) is 1. The van der Waals surface area contributed by atoms with Gasteiger partial charge in [-0.3, -0.25) is 0 Å². The molecule has 0 aliphatic carbocycles. The minimum atomic E-state index is 0.724. The second kappa shape index (κ2) is 4.93. The SMILES string of the molecule is Cc1cc(Nc2c(C)cccc2C)ccc1C#N. The van der Waals surface area contributed by atoms with Crippen LogP contribution in [-0.4, -0.2) is 0 Å². The summed E-state index contributed by atoms with van der Waals surface area (Å²) in [5.41, 5.74) is 6.32. The summed E-state index contributed by atoms with van der Waals surface area (Å²) in [7, 11) is 0. The fourth-order valence-electron chi connectivity index (χ4n) is 2.02. The lowest BCUT2D eigenvalue weighted by molar-refractivity contribution is 1.34. The van der Waals surface area contributed by atoms with Crippen LogP contribution in [0.15, 0.2) is 36.4 Å². The molecule has 0 radical (unpaired) electrons. The number of nitriles is 1. The third kappa shape index (κ3) is 2.36. The molecule has 18 heavy (non-hydrogen) atoms. The van der Waals surface area contributed by atoms with Gasteiger partial charge in [0.15, 0.2) is 0 Å². The molecule has 0 atom stereocenters. The molecule has 0 fully saturated rings. The molecule has 2 heteroatoms. The molecule has 0 bridgehead atoms. The Morgan fingerprint density at radius 2 is 1.61 bits per heavy atom. The van der Waals surface area contributed by atoms with Gasteiger partial charge in [-0.05, 0) is 55.7 Å². The van der Waals surface area contributed by atoms with Gasteiger partial charge in [0, 0.05) is 11.4 Å². The fourth-order valence-corrected chi connectivity index (χ4v) is 2.02. The maximum absolute atomic E-state index is 8.92. The van der Waals surface area contributed by atoms with E-state index in [0.29, 0.717) is 0 Å². The minimum absolute atomic E-state index is 0.724. The average Bonchev–Trinajstić information content (AvgIpc) is 2.34. The first-order valence-electron chi connectivity index (χ1n) is 5.96. The lowest BCUT2D eigenvalue weighted by atomic mass is 10.1. The normalized spacial score (nSPS) is 9.89. The van der Waals surface area contributed by atoms with E-state index in [1.807, 2.05) is 25.1 Å². The maximum atomic E-state index is 8.92. The van der Waals surface area contributed by atoms with Gasteiger partial charge in [0.05, 0.1) is 11.6 Å². The van der Waals surface area contributed by atoms with E-state index in [2.05, 4.69) is 43.4 Å². The number of nitrogens with zero attached hydrogens (tertiary/aromatic N) is 1. The summed E-state index contributed by atoms with van der Waals surface area (Å²) >= 11 is 0. The Kier molecular flexibility index (Phi) is 3.34. The van der Waals surface area contributed by atoms with Crippen LogP contribution in [-0.2, 0) is 0 Å². The highest BCUT2D eigenvalue weighted by Crippen LogP contribution is 2.25. The van der Waals surface area contributed by atoms with Crippen molar-refractivity contribution in [2.45, 2.75) is 20.8 Å². The van der Waals surface area contributed by atoms with Crippen molar-refractivity contribution in [3.05, 3.63) is 58.7 Å². The van der Waals surface area contributed by atoms with Gasteiger partial charge in [0.25, 0.3) is 0 Å². The van der Waals surface area contributed by atoms with Crippen LogP contribution in [0.5, 0.6) is 0 Å². The maximum Gasteiger partial charge on any atom is 0.0994 e. The van der Waals surface area contributed by atoms with E-state index in [9.17, 15) is 0 Å². The van der Waals surface area contributed by atoms with E-state index in [4.69, 9.17) is 5.26 Å². The van der Waals surface area contributed by atoms with Crippen molar-refractivity contribution in [2.24, 2.45) is 0 Å². The third-order valence-corrected chi connectivity index (χ3v) is 3.10. The van der Waals surface area contributed by atoms with Crippen molar-refractivity contribution in [1.82, 2.24) is 0 Å². The zero-order chi connectivity index (χ0) is 13.1. The Balaban J connectivity index is 2.35. The number of benzene rings is 2. The van der Waals surface area contributed by atoms with Gasteiger partial charge in [-0.25, -0.2) is 0 Å². The summed E-state index contributed by atoms with van der Waals surface area (Å²) in [6, 6.07) is 14.2. The lowest BCUT2D eigenvalue weighted by Gasteiger charge is -2.13. The van der Waals surface area contributed by atoms with Crippen molar-refractivity contribution >= 4 is 11.4 Å². The molecular formula is C16H16N2. The molecule has 0 aliphatic rings. The molecule has 2 aromatic rings. The first-order chi connectivity index (χ1) is 8.61. The number of aryl methyl sites for hydroxylation is 3. The third-order valence-electron chi connectivity index (χ3n) is 3.10. The van der Waals surface area contributed by atoms with E-state index in [0.717, 1.165) is 22.5 Å². The van der Waals surface area contributed by atoms with Gasteiger partial charge in [-0.2, -0.15) is 5.26 Å². The molecule has 0 unspecified atom stereocenters. The number of nitrogens with one attached hydrogen (secondary N) is 1. The molecule has 0 saturated heterocycles. The zero-order valence-electron chi connectivity index (χ0n) is 10.9. The van der Waals surface area contributed by atoms with Crippen LogP contribution in [0.4, 0.5) is 11.4 Å². The molecule has 0 aromatic heterocycles. The van der Waals surface area contributed by atoms with Gasteiger partial charge in [0.1, 0.15) is 0 Å². The summed E-state index contributed by atoms with van der Waals surface area (Å²) in [4.78, 5) is 0. The summed E-state index contributed by atoms with van der Waals surface area (Å²) in [6.45, 7) is 6.13. The highest BCUT2D eigenvalue weighted by Gasteiger charge is 2.04. The van der Waals surface area contributed by atoms with E-state index < -0.39 is 0 Å². The first-order valence-corrected chi connectivity index (χ1v) is 5.96. The Morgan fingerprint density at radius 1 is 0.944 bits per heavy atom. The molecule has 0 spiro atoms. The second-order valence-electron chi connectivity index (χ2n) is 4.53. The number of rotatable bonds is 2. The molecule has 0 aliphatic heterocycles. The molecule has 2 rings (SSSR count). The van der Waals surface area contributed by atoms with Crippen molar-refractivity contribution in [2.75, 3.05) is 5.32 Å². The molecule has 0 amide bonds. The largest absolute Gasteiger partial charge is 0.355 e. The molecular weight excluding hydrogens is 220 g/mol. The zero-order valence-corrected chi connectivity index (χ0v) is 10.9. The van der Waals surface area contributed by atoms with Crippen molar-refractivity contribution in [1.29, 1.82) is 5.26 Å². The van der Waals surface area contributed by atoms with Crippen LogP contribution in [0.25, 0.3) is 0 Å². The first kappa shape index (κ1) is 12.2. The lowest BCUT2D eigenvalue weighted by Crippen LogP contribution is -1.96. The number of para-hydroxylation sites is 1. The fraction of sp³-hybridized carbons (Fsp3) is 0.188. The Bertz CT molecular complexity index is 601. The monoisotopic (exact) mass is 236 g/mol. The van der Waals surface area contributed by atoms with Gasteiger partial charge in [-0.15, -0.1) is 0 Å². The quantitative estimate of drug-likeness (QED) is 0.847. The van der Waals surface area contributed by atoms with E-state index >= 15 is 0 Å². The molecule has 2 aromatic carbocycles. The second-order valence-corrected chi connectivity index (χ2v) is 4.53. The van der Waals surface area contributed by atoms with Crippen LogP contribution in [0.1, 0.15) is 22.3 Å². The van der Waals surface area contributed by atoms with Crippen LogP contribution in [0.3, 0.4) is 0 Å². The van der Waals surface area contributed by atoms with E-state index in [1.54, 1.807) is 0 Å².